The first-order chi connectivity index (χ1) is 14.0. The summed E-state index contributed by atoms with van der Waals surface area (Å²) in [4.78, 5) is 4.50. The van der Waals surface area contributed by atoms with Crippen molar-refractivity contribution in [2.24, 2.45) is 0 Å². The summed E-state index contributed by atoms with van der Waals surface area (Å²) in [5, 5.41) is 7.82. The first kappa shape index (κ1) is 20.7. The number of hydrogen-bond acceptors (Lipinski definition) is 6. The van der Waals surface area contributed by atoms with Crippen LogP contribution in [0.15, 0.2) is 42.6 Å². The van der Waals surface area contributed by atoms with E-state index in [0.717, 1.165) is 40.1 Å². The van der Waals surface area contributed by atoms with Gasteiger partial charge in [0.25, 0.3) is 0 Å². The van der Waals surface area contributed by atoms with Crippen molar-refractivity contribution in [3.8, 4) is 17.2 Å². The third-order valence-electron chi connectivity index (χ3n) is 4.71. The molecule has 3 rings (SSSR count). The molecule has 2 N–H and O–H groups in total. The van der Waals surface area contributed by atoms with Crippen molar-refractivity contribution in [3.05, 3.63) is 48.2 Å². The maximum atomic E-state index is 5.99. The van der Waals surface area contributed by atoms with E-state index < -0.39 is 0 Å². The van der Waals surface area contributed by atoms with E-state index in [4.69, 9.17) is 14.2 Å². The normalized spacial score (nSPS) is 11.0. The Morgan fingerprint density at radius 3 is 2.48 bits per heavy atom. The van der Waals surface area contributed by atoms with Gasteiger partial charge < -0.3 is 24.8 Å². The minimum Gasteiger partial charge on any atom is -0.496 e. The molecular formula is C23H29N3O3. The Morgan fingerprint density at radius 2 is 1.76 bits per heavy atom. The molecule has 2 aromatic carbocycles. The second-order valence-electron chi connectivity index (χ2n) is 7.09. The van der Waals surface area contributed by atoms with E-state index >= 15 is 0 Å². The van der Waals surface area contributed by atoms with Crippen LogP contribution in [-0.2, 0) is 0 Å². The summed E-state index contributed by atoms with van der Waals surface area (Å²) in [6, 6.07) is 12.2. The Bertz CT molecular complexity index is 973. The van der Waals surface area contributed by atoms with Gasteiger partial charge in [-0.3, -0.25) is 4.98 Å². The third kappa shape index (κ3) is 4.90. The number of benzene rings is 2. The number of aromatic nitrogens is 1. The van der Waals surface area contributed by atoms with Crippen LogP contribution in [0, 0.1) is 6.92 Å². The first-order valence-corrected chi connectivity index (χ1v) is 9.77. The van der Waals surface area contributed by atoms with Gasteiger partial charge in [0.2, 0.25) is 0 Å². The minimum atomic E-state index is 0.420. The molecule has 0 radical (unpaired) electrons. The molecule has 0 bridgehead atoms. The van der Waals surface area contributed by atoms with Crippen molar-refractivity contribution in [1.29, 1.82) is 0 Å². The van der Waals surface area contributed by atoms with Crippen LogP contribution < -0.4 is 24.8 Å². The van der Waals surface area contributed by atoms with Gasteiger partial charge in [-0.1, -0.05) is 19.9 Å². The van der Waals surface area contributed by atoms with Crippen molar-refractivity contribution in [2.75, 3.05) is 32.7 Å². The van der Waals surface area contributed by atoms with Crippen LogP contribution in [0.4, 0.5) is 11.4 Å². The molecule has 0 atom stereocenters. The summed E-state index contributed by atoms with van der Waals surface area (Å²) in [7, 11) is 3.32. The van der Waals surface area contributed by atoms with Crippen molar-refractivity contribution in [3.63, 3.8) is 0 Å². The summed E-state index contributed by atoms with van der Waals surface area (Å²) < 4.78 is 16.9. The standard InChI is InChI=1S/C23H29N3O3/c1-15(2)24-11-12-29-23-13-17-19(9-10-25-20(17)14-22(23)28-5)26-18-7-6-8-21(27-4)16(18)3/h6-10,13-15,24H,11-12H2,1-5H3,(H,25,26). The van der Waals surface area contributed by atoms with Gasteiger partial charge in [0.15, 0.2) is 11.5 Å². The lowest BCUT2D eigenvalue weighted by molar-refractivity contribution is 0.289. The lowest BCUT2D eigenvalue weighted by Crippen LogP contribution is -2.27. The number of methoxy groups -OCH3 is 2. The molecule has 0 spiro atoms. The van der Waals surface area contributed by atoms with Gasteiger partial charge in [-0.2, -0.15) is 0 Å². The monoisotopic (exact) mass is 395 g/mol. The second kappa shape index (κ2) is 9.47. The van der Waals surface area contributed by atoms with Crippen LogP contribution in [0.2, 0.25) is 0 Å². The fraction of sp³-hybridized carbons (Fsp3) is 0.348. The fourth-order valence-electron chi connectivity index (χ4n) is 3.16. The molecule has 6 nitrogen and oxygen atoms in total. The molecule has 0 saturated carbocycles. The molecule has 0 aliphatic rings. The van der Waals surface area contributed by atoms with Crippen LogP contribution in [0.1, 0.15) is 19.4 Å². The number of rotatable bonds is 9. The van der Waals surface area contributed by atoms with Gasteiger partial charge in [-0.15, -0.1) is 0 Å². The molecule has 0 unspecified atom stereocenters. The molecule has 0 aliphatic carbocycles. The van der Waals surface area contributed by atoms with Crippen LogP contribution in [0.3, 0.4) is 0 Å². The number of nitrogens with zero attached hydrogens (tertiary/aromatic N) is 1. The van der Waals surface area contributed by atoms with Gasteiger partial charge in [0.05, 0.1) is 19.7 Å². The zero-order valence-corrected chi connectivity index (χ0v) is 17.7. The summed E-state index contributed by atoms with van der Waals surface area (Å²) >= 11 is 0. The smallest absolute Gasteiger partial charge is 0.162 e. The molecule has 0 amide bonds. The molecule has 1 heterocycles. The van der Waals surface area contributed by atoms with Gasteiger partial charge in [-0.05, 0) is 31.2 Å². The van der Waals surface area contributed by atoms with E-state index in [9.17, 15) is 0 Å². The maximum absolute atomic E-state index is 5.99. The zero-order valence-electron chi connectivity index (χ0n) is 17.7. The Balaban J connectivity index is 1.93. The third-order valence-corrected chi connectivity index (χ3v) is 4.71. The fourth-order valence-corrected chi connectivity index (χ4v) is 3.16. The average Bonchev–Trinajstić information content (AvgIpc) is 2.72. The largest absolute Gasteiger partial charge is 0.496 e. The molecule has 3 aromatic rings. The predicted octanol–water partition coefficient (Wildman–Crippen LogP) is 4.68. The van der Waals surface area contributed by atoms with E-state index in [0.29, 0.717) is 24.1 Å². The number of fused-ring (bicyclic) bond motifs is 1. The first-order valence-electron chi connectivity index (χ1n) is 9.77. The number of hydrogen-bond donors (Lipinski definition) is 2. The highest BCUT2D eigenvalue weighted by Crippen LogP contribution is 2.36. The Morgan fingerprint density at radius 1 is 0.966 bits per heavy atom. The number of nitrogens with one attached hydrogen (secondary N) is 2. The summed E-state index contributed by atoms with van der Waals surface area (Å²) in [5.41, 5.74) is 3.81. The van der Waals surface area contributed by atoms with Crippen LogP contribution in [0.25, 0.3) is 10.9 Å². The van der Waals surface area contributed by atoms with E-state index in [1.165, 1.54) is 0 Å². The van der Waals surface area contributed by atoms with Crippen molar-refractivity contribution in [2.45, 2.75) is 26.8 Å². The molecule has 0 fully saturated rings. The highest BCUT2D eigenvalue weighted by Gasteiger charge is 2.12. The minimum absolute atomic E-state index is 0.420. The summed E-state index contributed by atoms with van der Waals surface area (Å²) in [6.45, 7) is 7.57. The van der Waals surface area contributed by atoms with Crippen LogP contribution in [0.5, 0.6) is 17.2 Å². The highest BCUT2D eigenvalue weighted by atomic mass is 16.5. The molecule has 1 aromatic heterocycles. The van der Waals surface area contributed by atoms with Gasteiger partial charge in [-0.25, -0.2) is 0 Å². The van der Waals surface area contributed by atoms with E-state index in [2.05, 4.69) is 29.5 Å². The van der Waals surface area contributed by atoms with Gasteiger partial charge in [0, 0.05) is 47.2 Å². The van der Waals surface area contributed by atoms with Gasteiger partial charge in [0.1, 0.15) is 12.4 Å². The lowest BCUT2D eigenvalue weighted by Gasteiger charge is -2.16. The molecular weight excluding hydrogens is 366 g/mol. The zero-order chi connectivity index (χ0) is 20.8. The van der Waals surface area contributed by atoms with Crippen LogP contribution in [-0.4, -0.2) is 38.4 Å². The highest BCUT2D eigenvalue weighted by molar-refractivity contribution is 5.95. The van der Waals surface area contributed by atoms with Gasteiger partial charge >= 0.3 is 0 Å². The Hall–Kier alpha value is -2.99. The Kier molecular flexibility index (Phi) is 6.77. The van der Waals surface area contributed by atoms with Crippen molar-refractivity contribution in [1.82, 2.24) is 10.3 Å². The van der Waals surface area contributed by atoms with Crippen molar-refractivity contribution >= 4 is 22.3 Å². The predicted molar refractivity (Wildman–Crippen MR) is 118 cm³/mol. The number of ether oxygens (including phenoxy) is 3. The van der Waals surface area contributed by atoms with E-state index in [-0.39, 0.29) is 0 Å². The molecule has 29 heavy (non-hydrogen) atoms. The van der Waals surface area contributed by atoms with Crippen LogP contribution >= 0.6 is 0 Å². The number of pyridine rings is 1. The van der Waals surface area contributed by atoms with Crippen molar-refractivity contribution < 1.29 is 14.2 Å². The SMILES string of the molecule is COc1cc2nccc(Nc3cccc(OC)c3C)c2cc1OCCNC(C)C. The quantitative estimate of drug-likeness (QED) is 0.513. The topological polar surface area (TPSA) is 64.6 Å². The lowest BCUT2D eigenvalue weighted by atomic mass is 10.1. The van der Waals surface area contributed by atoms with E-state index in [1.54, 1.807) is 20.4 Å². The maximum Gasteiger partial charge on any atom is 0.162 e. The molecule has 0 aliphatic heterocycles. The molecule has 6 heteroatoms. The summed E-state index contributed by atoms with van der Waals surface area (Å²) in [6.07, 6.45) is 1.78. The molecule has 154 valence electrons. The number of anilines is 2. The molecule has 0 saturated heterocycles. The Labute approximate surface area is 172 Å². The van der Waals surface area contributed by atoms with E-state index in [1.807, 2.05) is 43.3 Å². The second-order valence-corrected chi connectivity index (χ2v) is 7.09. The average molecular weight is 396 g/mol. The summed E-state index contributed by atoms with van der Waals surface area (Å²) in [5.74, 6) is 2.21.